The predicted molar refractivity (Wildman–Crippen MR) is 36.4 cm³/mol. The Hall–Kier alpha value is -1.58. The summed E-state index contributed by atoms with van der Waals surface area (Å²) in [4.78, 5) is 10.8. The normalized spacial score (nSPS) is 15.0. The highest BCUT2D eigenvalue weighted by Crippen LogP contribution is 1.96. The first-order valence-corrected chi connectivity index (χ1v) is 2.90. The number of aromatic nitrogens is 2. The Balaban J connectivity index is 2.30. The molecule has 0 atom stereocenters. The van der Waals surface area contributed by atoms with Gasteiger partial charge in [0, 0.05) is 24.8 Å². The van der Waals surface area contributed by atoms with E-state index in [2.05, 4.69) is 20.3 Å². The van der Waals surface area contributed by atoms with E-state index in [4.69, 9.17) is 0 Å². The Kier molecular flexibility index (Phi) is 1.04. The molecule has 0 unspecified atom stereocenters. The van der Waals surface area contributed by atoms with E-state index >= 15 is 0 Å². The predicted octanol–water partition coefficient (Wildman–Crippen LogP) is 0.245. The third-order valence-corrected chi connectivity index (χ3v) is 1.17. The summed E-state index contributed by atoms with van der Waals surface area (Å²) < 4.78 is 0. The summed E-state index contributed by atoms with van der Waals surface area (Å²) >= 11 is 0. The fourth-order valence-corrected chi connectivity index (χ4v) is 0.751. The number of imidazole rings is 1. The fourth-order valence-electron chi connectivity index (χ4n) is 0.751. The topological polar surface area (TPSA) is 55.1 Å². The molecule has 2 heterocycles. The molecule has 1 N–H and O–H groups in total. The summed E-state index contributed by atoms with van der Waals surface area (Å²) in [5, 5.41) is 3.95. The van der Waals surface area contributed by atoms with Crippen molar-refractivity contribution in [1.82, 2.24) is 15.3 Å². The van der Waals surface area contributed by atoms with Crippen LogP contribution in [0.2, 0.25) is 0 Å². The number of amidine groups is 1. The largest absolute Gasteiger partial charge is 0.342 e. The number of nitrogens with one attached hydrogen (secondary N) is 1. The highest BCUT2D eigenvalue weighted by atomic mass is 15.1. The van der Waals surface area contributed by atoms with E-state index in [0.29, 0.717) is 11.7 Å². The molecule has 0 aromatic carbocycles. The first-order chi connectivity index (χ1) is 4.97. The number of hydrogen-bond donors (Lipinski definition) is 1. The van der Waals surface area contributed by atoms with E-state index in [9.17, 15) is 0 Å². The molecule has 0 amide bonds. The molecule has 0 fully saturated rings. The van der Waals surface area contributed by atoms with Gasteiger partial charge in [-0.05, 0) is 0 Å². The zero-order valence-electron chi connectivity index (χ0n) is 5.15. The van der Waals surface area contributed by atoms with Crippen LogP contribution in [0.5, 0.6) is 0 Å². The summed E-state index contributed by atoms with van der Waals surface area (Å²) in [5.41, 5.74) is 0. The van der Waals surface area contributed by atoms with Crippen molar-refractivity contribution in [2.45, 2.75) is 0 Å². The maximum Gasteiger partial charge on any atom is 0.195 e. The van der Waals surface area contributed by atoms with Crippen LogP contribution in [0.1, 0.15) is 5.82 Å². The van der Waals surface area contributed by atoms with E-state index in [1.165, 1.54) is 0 Å². The van der Waals surface area contributed by atoms with Crippen LogP contribution in [0, 0.1) is 0 Å². The number of aromatic amines is 1. The molecule has 0 bridgehead atoms. The highest BCUT2D eigenvalue weighted by molar-refractivity contribution is 5.97. The van der Waals surface area contributed by atoms with Gasteiger partial charge in [0.25, 0.3) is 0 Å². The first kappa shape index (κ1) is 5.22. The summed E-state index contributed by atoms with van der Waals surface area (Å²) in [5.74, 6) is 1.36. The first-order valence-electron chi connectivity index (χ1n) is 2.90. The Morgan fingerprint density at radius 1 is 1.30 bits per heavy atom. The van der Waals surface area contributed by atoms with Gasteiger partial charge in [0.15, 0.2) is 11.7 Å². The SMILES string of the molecule is C1=CN=C(c2ncc[nH]2)[N]1. The van der Waals surface area contributed by atoms with Crippen molar-refractivity contribution in [1.29, 1.82) is 0 Å². The van der Waals surface area contributed by atoms with Gasteiger partial charge in [-0.2, -0.15) is 0 Å². The number of H-pyrrole nitrogens is 1. The van der Waals surface area contributed by atoms with Crippen molar-refractivity contribution in [3.05, 3.63) is 30.6 Å². The Morgan fingerprint density at radius 3 is 2.90 bits per heavy atom. The minimum Gasteiger partial charge on any atom is -0.342 e. The molecule has 4 heteroatoms. The van der Waals surface area contributed by atoms with Gasteiger partial charge in [-0.25, -0.2) is 15.3 Å². The van der Waals surface area contributed by atoms with Crippen LogP contribution in [0.25, 0.3) is 0 Å². The lowest BCUT2D eigenvalue weighted by molar-refractivity contribution is 1.18. The van der Waals surface area contributed by atoms with E-state index in [-0.39, 0.29) is 0 Å². The quantitative estimate of drug-likeness (QED) is 0.586. The van der Waals surface area contributed by atoms with Gasteiger partial charge in [-0.15, -0.1) is 0 Å². The molecule has 0 saturated heterocycles. The second-order valence-corrected chi connectivity index (χ2v) is 1.82. The Labute approximate surface area is 57.7 Å². The van der Waals surface area contributed by atoms with Gasteiger partial charge in [0.05, 0.1) is 0 Å². The van der Waals surface area contributed by atoms with Crippen LogP contribution >= 0.6 is 0 Å². The molecule has 1 aliphatic rings. The van der Waals surface area contributed by atoms with Crippen LogP contribution in [0.4, 0.5) is 0 Å². The number of rotatable bonds is 1. The highest BCUT2D eigenvalue weighted by Gasteiger charge is 2.06. The van der Waals surface area contributed by atoms with Gasteiger partial charge >= 0.3 is 0 Å². The van der Waals surface area contributed by atoms with Crippen LogP contribution < -0.4 is 5.32 Å². The van der Waals surface area contributed by atoms with Crippen molar-refractivity contribution >= 4 is 5.84 Å². The molecule has 10 heavy (non-hydrogen) atoms. The van der Waals surface area contributed by atoms with Crippen LogP contribution in [-0.4, -0.2) is 15.8 Å². The van der Waals surface area contributed by atoms with Crippen molar-refractivity contribution in [3.8, 4) is 0 Å². The minimum atomic E-state index is 0.644. The lowest BCUT2D eigenvalue weighted by Gasteiger charge is -1.90. The summed E-state index contributed by atoms with van der Waals surface area (Å²) in [6, 6.07) is 0. The van der Waals surface area contributed by atoms with Crippen LogP contribution in [0.15, 0.2) is 29.8 Å². The van der Waals surface area contributed by atoms with E-state index in [1.54, 1.807) is 24.8 Å². The van der Waals surface area contributed by atoms with E-state index in [0.717, 1.165) is 0 Å². The molecular formula is C6H5N4. The molecule has 1 radical (unpaired) electrons. The van der Waals surface area contributed by atoms with Gasteiger partial charge in [0.1, 0.15) is 0 Å². The zero-order chi connectivity index (χ0) is 6.81. The van der Waals surface area contributed by atoms with Crippen molar-refractivity contribution in [3.63, 3.8) is 0 Å². The van der Waals surface area contributed by atoms with Crippen LogP contribution in [0.3, 0.4) is 0 Å². The lowest BCUT2D eigenvalue weighted by Crippen LogP contribution is -2.09. The third kappa shape index (κ3) is 0.699. The second-order valence-electron chi connectivity index (χ2n) is 1.82. The minimum absolute atomic E-state index is 0.644. The van der Waals surface area contributed by atoms with Crippen molar-refractivity contribution in [2.24, 2.45) is 4.99 Å². The Bertz CT molecular complexity index is 270. The zero-order valence-corrected chi connectivity index (χ0v) is 5.15. The molecule has 1 aromatic heterocycles. The standard InChI is InChI=1S/C6H5N4/c1-2-8-5(7-1)6-9-3-4-10-6/h1-4H,(H,7,8). The lowest BCUT2D eigenvalue weighted by atomic mass is 10.5. The fraction of sp³-hybridized carbons (Fsp3) is 0. The van der Waals surface area contributed by atoms with Crippen molar-refractivity contribution in [2.75, 3.05) is 0 Å². The second kappa shape index (κ2) is 1.98. The monoisotopic (exact) mass is 133 g/mol. The number of aliphatic imine (C=N–C) groups is 1. The smallest absolute Gasteiger partial charge is 0.195 e. The molecule has 0 spiro atoms. The maximum atomic E-state index is 3.98. The summed E-state index contributed by atoms with van der Waals surface area (Å²) in [7, 11) is 0. The van der Waals surface area contributed by atoms with Gasteiger partial charge in [-0.3, -0.25) is 0 Å². The van der Waals surface area contributed by atoms with Gasteiger partial charge in [-0.1, -0.05) is 0 Å². The van der Waals surface area contributed by atoms with Gasteiger partial charge < -0.3 is 4.98 Å². The molecule has 49 valence electrons. The number of hydrogen-bond acceptors (Lipinski definition) is 2. The molecular weight excluding hydrogens is 128 g/mol. The Morgan fingerprint density at radius 2 is 2.30 bits per heavy atom. The molecule has 0 aliphatic carbocycles. The summed E-state index contributed by atoms with van der Waals surface area (Å²) in [6.07, 6.45) is 6.69. The summed E-state index contributed by atoms with van der Waals surface area (Å²) in [6.45, 7) is 0. The molecule has 4 nitrogen and oxygen atoms in total. The number of nitrogens with zero attached hydrogens (tertiary/aromatic N) is 3. The van der Waals surface area contributed by atoms with Crippen LogP contribution in [-0.2, 0) is 0 Å². The average Bonchev–Trinajstić information content (AvgIpc) is 2.59. The van der Waals surface area contributed by atoms with Gasteiger partial charge in [0.2, 0.25) is 0 Å². The van der Waals surface area contributed by atoms with E-state index < -0.39 is 0 Å². The molecule has 2 rings (SSSR count). The van der Waals surface area contributed by atoms with Crippen molar-refractivity contribution < 1.29 is 0 Å². The van der Waals surface area contributed by atoms with E-state index in [1.807, 2.05) is 0 Å². The molecule has 0 saturated carbocycles. The third-order valence-electron chi connectivity index (χ3n) is 1.17. The maximum absolute atomic E-state index is 3.98. The molecule has 1 aliphatic heterocycles. The molecule has 1 aromatic rings. The average molecular weight is 133 g/mol.